The normalized spacial score (nSPS) is 18.7. The molecule has 3 N–H and O–H groups in total. The van der Waals surface area contributed by atoms with Crippen LogP contribution in [-0.2, 0) is 40.4 Å². The van der Waals surface area contributed by atoms with E-state index in [-0.39, 0.29) is 12.2 Å². The van der Waals surface area contributed by atoms with Gasteiger partial charge >= 0.3 is 6.09 Å². The number of ether oxygens (including phenoxy) is 3. The maximum Gasteiger partial charge on any atom is 0.407 e. The number of carbonyl (C=O) groups excluding carboxylic acids is 1. The van der Waals surface area contributed by atoms with E-state index in [0.717, 1.165) is 43.9 Å². The van der Waals surface area contributed by atoms with Crippen LogP contribution < -0.4 is 11.1 Å². The summed E-state index contributed by atoms with van der Waals surface area (Å²) in [5, 5.41) is 2.84. The van der Waals surface area contributed by atoms with Crippen LogP contribution in [0, 0.1) is 0 Å². The number of hydrogen-bond donors (Lipinski definition) is 2. The molecule has 49 heavy (non-hydrogen) atoms. The van der Waals surface area contributed by atoms with Gasteiger partial charge in [0.1, 0.15) is 17.8 Å². The van der Waals surface area contributed by atoms with Crippen LogP contribution in [-0.4, -0.2) is 61.9 Å². The fraction of sp³-hybridized carbons (Fsp3) is 0.390. The molecule has 2 unspecified atom stereocenters. The molecule has 0 saturated carbocycles. The summed E-state index contributed by atoms with van der Waals surface area (Å²) in [4.78, 5) is 16.5. The van der Waals surface area contributed by atoms with Crippen molar-refractivity contribution in [1.29, 1.82) is 0 Å². The number of benzene rings is 4. The van der Waals surface area contributed by atoms with Crippen molar-refractivity contribution < 1.29 is 19.0 Å². The second-order valence-electron chi connectivity index (χ2n) is 13.9. The van der Waals surface area contributed by atoms with E-state index >= 15 is 0 Å². The van der Waals surface area contributed by atoms with Crippen molar-refractivity contribution in [3.05, 3.63) is 142 Å². The van der Waals surface area contributed by atoms with Crippen LogP contribution in [0.2, 0.25) is 0 Å². The lowest BCUT2D eigenvalue weighted by atomic mass is 9.94. The molecular formula is C41H52N4O4. The minimum atomic E-state index is -0.501. The van der Waals surface area contributed by atoms with Crippen molar-refractivity contribution >= 4 is 6.09 Å². The van der Waals surface area contributed by atoms with E-state index in [1.807, 2.05) is 45.0 Å². The van der Waals surface area contributed by atoms with Crippen molar-refractivity contribution in [2.24, 2.45) is 5.73 Å². The molecule has 0 bridgehead atoms. The van der Waals surface area contributed by atoms with Crippen molar-refractivity contribution in [1.82, 2.24) is 15.1 Å². The predicted octanol–water partition coefficient (Wildman–Crippen LogP) is 6.96. The molecular weight excluding hydrogens is 612 g/mol. The van der Waals surface area contributed by atoms with Gasteiger partial charge in [0.25, 0.3) is 0 Å². The number of carbonyl (C=O) groups is 1. The summed E-state index contributed by atoms with van der Waals surface area (Å²) < 4.78 is 17.7. The number of likely N-dealkylation sites (N-methyl/N-ethyl adjacent to an activating group) is 2. The smallest absolute Gasteiger partial charge is 0.407 e. The number of fused-ring (bicyclic) bond motifs is 2. The number of nitrogens with one attached hydrogen (secondary N) is 1. The van der Waals surface area contributed by atoms with Gasteiger partial charge in [-0.2, -0.15) is 0 Å². The first kappa shape index (κ1) is 36.2. The average Bonchev–Trinajstić information content (AvgIpc) is 3.07. The molecule has 0 aromatic heterocycles. The summed E-state index contributed by atoms with van der Waals surface area (Å²) in [6, 6.07) is 33.6. The molecule has 0 fully saturated rings. The molecule has 6 rings (SSSR count). The highest BCUT2D eigenvalue weighted by atomic mass is 16.6. The Balaban J connectivity index is 0.000000199. The van der Waals surface area contributed by atoms with Gasteiger partial charge in [-0.15, -0.1) is 0 Å². The molecule has 2 atom stereocenters. The lowest BCUT2D eigenvalue weighted by Gasteiger charge is -2.29. The number of rotatable bonds is 5. The van der Waals surface area contributed by atoms with Crippen molar-refractivity contribution in [3.8, 4) is 0 Å². The van der Waals surface area contributed by atoms with Gasteiger partial charge in [0.15, 0.2) is 0 Å². The topological polar surface area (TPSA) is 89.3 Å². The second-order valence-corrected chi connectivity index (χ2v) is 13.9. The number of hydrogen-bond acceptors (Lipinski definition) is 7. The van der Waals surface area contributed by atoms with E-state index in [2.05, 4.69) is 102 Å². The van der Waals surface area contributed by atoms with Crippen LogP contribution in [0.15, 0.2) is 97.1 Å². The Hall–Kier alpha value is -4.05. The number of nitrogens with two attached hydrogens (primary N) is 1. The Morgan fingerprint density at radius 2 is 1.22 bits per heavy atom. The Labute approximate surface area is 292 Å². The molecule has 4 aromatic carbocycles. The molecule has 8 nitrogen and oxygen atoms in total. The van der Waals surface area contributed by atoms with Crippen molar-refractivity contribution in [2.45, 2.75) is 64.8 Å². The minimum Gasteiger partial charge on any atom is -0.444 e. The van der Waals surface area contributed by atoms with E-state index in [1.165, 1.54) is 33.4 Å². The zero-order valence-electron chi connectivity index (χ0n) is 29.7. The summed E-state index contributed by atoms with van der Waals surface area (Å²) >= 11 is 0. The molecule has 1 amide bonds. The standard InChI is InChI=1S/C23H30N2O3.C18H22N2O/c1-23(2,3)28-22(26)24-15-17-10-11-20-19(14-17)16-25(4)12-13-27-21(20)18-8-6-5-7-9-18;1-20-9-10-21-18(15-5-3-2-4-6-15)17-8-7-14(12-19)11-16(17)13-20/h5-11,14,21H,12-13,15-16H2,1-4H3,(H,24,26);2-8,11,18H,9-10,12-13,19H2,1H3. The molecule has 2 heterocycles. The van der Waals surface area contributed by atoms with E-state index in [1.54, 1.807) is 0 Å². The Bertz CT molecular complexity index is 1640. The fourth-order valence-corrected chi connectivity index (χ4v) is 6.21. The quantitative estimate of drug-likeness (QED) is 0.239. The Morgan fingerprint density at radius 1 is 0.755 bits per heavy atom. The van der Waals surface area contributed by atoms with Crippen LogP contribution in [0.1, 0.15) is 77.5 Å². The maximum atomic E-state index is 11.9. The molecule has 260 valence electrons. The van der Waals surface area contributed by atoms with Crippen LogP contribution >= 0.6 is 0 Å². The molecule has 2 aliphatic rings. The van der Waals surface area contributed by atoms with Crippen molar-refractivity contribution in [2.75, 3.05) is 40.4 Å². The van der Waals surface area contributed by atoms with Gasteiger partial charge in [0.2, 0.25) is 0 Å². The third kappa shape index (κ3) is 10.5. The van der Waals surface area contributed by atoms with Gasteiger partial charge in [-0.1, -0.05) is 97.1 Å². The second kappa shape index (κ2) is 17.1. The van der Waals surface area contributed by atoms with Gasteiger partial charge in [0, 0.05) is 39.3 Å². The van der Waals surface area contributed by atoms with Crippen molar-refractivity contribution in [3.63, 3.8) is 0 Å². The lowest BCUT2D eigenvalue weighted by Crippen LogP contribution is -2.32. The maximum absolute atomic E-state index is 11.9. The first-order valence-corrected chi connectivity index (χ1v) is 17.2. The van der Waals surface area contributed by atoms with Crippen LogP contribution in [0.5, 0.6) is 0 Å². The van der Waals surface area contributed by atoms with E-state index in [4.69, 9.17) is 19.9 Å². The Kier molecular flexibility index (Phi) is 12.6. The molecule has 0 spiro atoms. The van der Waals surface area contributed by atoms with E-state index < -0.39 is 11.7 Å². The molecule has 8 heteroatoms. The first-order valence-electron chi connectivity index (χ1n) is 17.2. The highest BCUT2D eigenvalue weighted by molar-refractivity contribution is 5.67. The first-order chi connectivity index (χ1) is 23.6. The molecule has 0 aliphatic carbocycles. The average molecular weight is 665 g/mol. The third-order valence-electron chi connectivity index (χ3n) is 8.65. The number of nitrogens with zero attached hydrogens (tertiary/aromatic N) is 2. The summed E-state index contributed by atoms with van der Waals surface area (Å²) in [6.07, 6.45) is -0.457. The highest BCUT2D eigenvalue weighted by Crippen LogP contribution is 2.33. The van der Waals surface area contributed by atoms with Crippen LogP contribution in [0.3, 0.4) is 0 Å². The van der Waals surface area contributed by atoms with Gasteiger partial charge in [-0.05, 0) is 79.4 Å². The van der Waals surface area contributed by atoms with Gasteiger partial charge in [-0.3, -0.25) is 9.80 Å². The zero-order valence-corrected chi connectivity index (χ0v) is 29.7. The van der Waals surface area contributed by atoms with E-state index in [0.29, 0.717) is 19.7 Å². The lowest BCUT2D eigenvalue weighted by molar-refractivity contribution is 0.0521. The van der Waals surface area contributed by atoms with Gasteiger partial charge in [-0.25, -0.2) is 4.79 Å². The van der Waals surface area contributed by atoms with Gasteiger partial charge in [0.05, 0.1) is 13.2 Å². The monoisotopic (exact) mass is 664 g/mol. The Morgan fingerprint density at radius 3 is 1.69 bits per heavy atom. The van der Waals surface area contributed by atoms with Crippen LogP contribution in [0.25, 0.3) is 0 Å². The third-order valence-corrected chi connectivity index (χ3v) is 8.65. The number of alkyl carbamates (subject to hydrolysis) is 1. The largest absolute Gasteiger partial charge is 0.444 e. The SMILES string of the molecule is CN1CCOC(c2ccccc2)c2ccc(CN)cc2C1.CN1CCOC(c2ccccc2)c2ccc(CNC(=O)OC(C)(C)C)cc2C1. The fourth-order valence-electron chi connectivity index (χ4n) is 6.21. The number of amides is 1. The van der Waals surface area contributed by atoms with E-state index in [9.17, 15) is 4.79 Å². The summed E-state index contributed by atoms with van der Waals surface area (Å²) in [5.41, 5.74) is 14.9. The molecule has 4 aromatic rings. The minimum absolute atomic E-state index is 0.0155. The zero-order chi connectivity index (χ0) is 34.8. The highest BCUT2D eigenvalue weighted by Gasteiger charge is 2.23. The molecule has 0 saturated heterocycles. The molecule has 2 aliphatic heterocycles. The molecule has 0 radical (unpaired) electrons. The summed E-state index contributed by atoms with van der Waals surface area (Å²) in [6.45, 7) is 11.6. The predicted molar refractivity (Wildman–Crippen MR) is 195 cm³/mol. The summed E-state index contributed by atoms with van der Waals surface area (Å²) in [5.74, 6) is 0. The van der Waals surface area contributed by atoms with Gasteiger partial charge < -0.3 is 25.3 Å². The summed E-state index contributed by atoms with van der Waals surface area (Å²) in [7, 11) is 4.23. The van der Waals surface area contributed by atoms with Crippen LogP contribution in [0.4, 0.5) is 4.79 Å².